The zero-order chi connectivity index (χ0) is 31.4. The number of anilines is 1. The van der Waals surface area contributed by atoms with Gasteiger partial charge in [0.1, 0.15) is 5.69 Å². The predicted molar refractivity (Wildman–Crippen MR) is 159 cm³/mol. The molecule has 9 nitrogen and oxygen atoms in total. The molecule has 2 amide bonds. The third-order valence-electron chi connectivity index (χ3n) is 7.76. The van der Waals surface area contributed by atoms with Crippen LogP contribution in [0.1, 0.15) is 68.7 Å². The average Bonchev–Trinajstić information content (AvgIpc) is 3.37. The van der Waals surface area contributed by atoms with Crippen LogP contribution in [0.3, 0.4) is 0 Å². The first-order valence-corrected chi connectivity index (χ1v) is 14.4. The monoisotopic (exact) mass is 605 g/mol. The number of amides is 2. The van der Waals surface area contributed by atoms with Crippen molar-refractivity contribution in [1.82, 2.24) is 29.8 Å². The Morgan fingerprint density at radius 3 is 2.14 bits per heavy atom. The highest BCUT2D eigenvalue weighted by Gasteiger charge is 2.30. The summed E-state index contributed by atoms with van der Waals surface area (Å²) >= 11 is 0. The number of rotatable bonds is 8. The Kier molecular flexibility index (Phi) is 9.09. The number of benzene rings is 2. The number of nitrogens with one attached hydrogen (secondary N) is 1. The zero-order valence-corrected chi connectivity index (χ0v) is 24.8. The standard InChI is InChI=1S/C32H34F3N7O2/c1-21(2)25-7-4-23(5-8-25)19-40-14-16-41(17-15-40)31(44)29-22(3)42(39-38-29)20-24-6-13-28(36-18-24)30(43)37-27-11-9-26(10-12-27)32(33,34)35/h4-13,18,21H,14-17,19-20H2,1-3H3,(H,37,43). The third kappa shape index (κ3) is 7.31. The van der Waals surface area contributed by atoms with Crippen LogP contribution >= 0.6 is 0 Å². The quantitative estimate of drug-likeness (QED) is 0.290. The minimum absolute atomic E-state index is 0.103. The number of carbonyl (C=O) groups is 2. The fraction of sp³-hybridized carbons (Fsp3) is 0.344. The van der Waals surface area contributed by atoms with Crippen LogP contribution in [0.5, 0.6) is 0 Å². The van der Waals surface area contributed by atoms with Crippen molar-refractivity contribution in [2.24, 2.45) is 0 Å². The van der Waals surface area contributed by atoms with E-state index in [1.165, 1.54) is 35.5 Å². The van der Waals surface area contributed by atoms with Gasteiger partial charge in [0.15, 0.2) is 5.69 Å². The summed E-state index contributed by atoms with van der Waals surface area (Å²) in [6, 6.07) is 16.1. The highest BCUT2D eigenvalue weighted by molar-refractivity contribution is 6.02. The second-order valence-corrected chi connectivity index (χ2v) is 11.2. The van der Waals surface area contributed by atoms with Gasteiger partial charge >= 0.3 is 6.18 Å². The van der Waals surface area contributed by atoms with Crippen molar-refractivity contribution in [2.45, 2.75) is 46.0 Å². The summed E-state index contributed by atoms with van der Waals surface area (Å²) in [4.78, 5) is 34.1. The van der Waals surface area contributed by atoms with Crippen molar-refractivity contribution in [2.75, 3.05) is 31.5 Å². The van der Waals surface area contributed by atoms with Crippen LogP contribution in [0, 0.1) is 6.92 Å². The summed E-state index contributed by atoms with van der Waals surface area (Å²) in [5.74, 6) is -0.199. The summed E-state index contributed by atoms with van der Waals surface area (Å²) in [5, 5.41) is 10.9. The van der Waals surface area contributed by atoms with Crippen molar-refractivity contribution in [3.8, 4) is 0 Å². The fourth-order valence-corrected chi connectivity index (χ4v) is 5.00. The molecular weight excluding hydrogens is 571 g/mol. The summed E-state index contributed by atoms with van der Waals surface area (Å²) in [5.41, 5.74) is 3.79. The lowest BCUT2D eigenvalue weighted by molar-refractivity contribution is -0.137. The molecule has 4 aromatic rings. The lowest BCUT2D eigenvalue weighted by Crippen LogP contribution is -2.48. The van der Waals surface area contributed by atoms with E-state index in [0.29, 0.717) is 36.9 Å². The van der Waals surface area contributed by atoms with E-state index >= 15 is 0 Å². The van der Waals surface area contributed by atoms with E-state index in [2.05, 4.69) is 63.6 Å². The number of aromatic nitrogens is 4. The Morgan fingerprint density at radius 2 is 1.55 bits per heavy atom. The van der Waals surface area contributed by atoms with Crippen LogP contribution in [-0.4, -0.2) is 67.8 Å². The van der Waals surface area contributed by atoms with Crippen molar-refractivity contribution < 1.29 is 22.8 Å². The minimum Gasteiger partial charge on any atom is -0.335 e. The third-order valence-corrected chi connectivity index (χ3v) is 7.76. The molecule has 2 aromatic carbocycles. The molecule has 5 rings (SSSR count). The molecule has 1 saturated heterocycles. The lowest BCUT2D eigenvalue weighted by atomic mass is 10.0. The van der Waals surface area contributed by atoms with E-state index in [-0.39, 0.29) is 17.3 Å². The molecule has 12 heteroatoms. The largest absolute Gasteiger partial charge is 0.416 e. The summed E-state index contributed by atoms with van der Waals surface area (Å²) < 4.78 is 39.9. The highest BCUT2D eigenvalue weighted by atomic mass is 19.4. The SMILES string of the molecule is Cc1c(C(=O)N2CCN(Cc3ccc(C(C)C)cc3)CC2)nnn1Cc1ccc(C(=O)Nc2ccc(C(F)(F)F)cc2)nc1. The molecule has 1 fully saturated rings. The molecule has 0 atom stereocenters. The molecule has 44 heavy (non-hydrogen) atoms. The Hall–Kier alpha value is -4.58. The molecule has 0 bridgehead atoms. The molecule has 1 aliphatic heterocycles. The van der Waals surface area contributed by atoms with Gasteiger partial charge in [0.25, 0.3) is 11.8 Å². The van der Waals surface area contributed by atoms with Gasteiger partial charge in [-0.3, -0.25) is 19.5 Å². The minimum atomic E-state index is -4.45. The van der Waals surface area contributed by atoms with Gasteiger partial charge in [-0.05, 0) is 59.9 Å². The summed E-state index contributed by atoms with van der Waals surface area (Å²) in [6.45, 7) is 10.1. The van der Waals surface area contributed by atoms with E-state index in [1.54, 1.807) is 17.7 Å². The van der Waals surface area contributed by atoms with E-state index in [9.17, 15) is 22.8 Å². The number of carbonyl (C=O) groups excluding carboxylic acids is 2. The maximum atomic E-state index is 13.3. The van der Waals surface area contributed by atoms with Crippen molar-refractivity contribution in [1.29, 1.82) is 0 Å². The molecular formula is C32H34F3N7O2. The molecule has 2 aromatic heterocycles. The van der Waals surface area contributed by atoms with Gasteiger partial charge in [-0.15, -0.1) is 5.10 Å². The molecule has 1 N–H and O–H groups in total. The molecule has 0 spiro atoms. The van der Waals surface area contributed by atoms with E-state index in [4.69, 9.17) is 0 Å². The maximum absolute atomic E-state index is 13.3. The van der Waals surface area contributed by atoms with Gasteiger partial charge in [-0.25, -0.2) is 4.68 Å². The van der Waals surface area contributed by atoms with E-state index in [1.807, 2.05) is 4.90 Å². The Balaban J connectivity index is 1.13. The van der Waals surface area contributed by atoms with Gasteiger partial charge in [-0.2, -0.15) is 13.2 Å². The van der Waals surface area contributed by atoms with Gasteiger partial charge < -0.3 is 10.2 Å². The van der Waals surface area contributed by atoms with Gasteiger partial charge in [0, 0.05) is 44.6 Å². The number of pyridine rings is 1. The Labute approximate surface area is 253 Å². The number of piperazine rings is 1. The molecule has 0 unspecified atom stereocenters. The van der Waals surface area contributed by atoms with Crippen molar-refractivity contribution in [3.05, 3.63) is 106 Å². The number of alkyl halides is 3. The molecule has 0 aliphatic carbocycles. The second kappa shape index (κ2) is 13.0. The smallest absolute Gasteiger partial charge is 0.335 e. The van der Waals surface area contributed by atoms with Crippen molar-refractivity contribution >= 4 is 17.5 Å². The number of halogens is 3. The Morgan fingerprint density at radius 1 is 0.886 bits per heavy atom. The van der Waals surface area contributed by atoms with Crippen molar-refractivity contribution in [3.63, 3.8) is 0 Å². The first-order chi connectivity index (χ1) is 21.0. The number of nitrogens with zero attached hydrogens (tertiary/aromatic N) is 6. The van der Waals surface area contributed by atoms with E-state index in [0.717, 1.165) is 37.3 Å². The maximum Gasteiger partial charge on any atom is 0.416 e. The van der Waals surface area contributed by atoms with Gasteiger partial charge in [-0.1, -0.05) is 49.4 Å². The summed E-state index contributed by atoms with van der Waals surface area (Å²) in [7, 11) is 0. The number of hydrogen-bond donors (Lipinski definition) is 1. The number of hydrogen-bond acceptors (Lipinski definition) is 6. The van der Waals surface area contributed by atoms with Crippen LogP contribution in [0.2, 0.25) is 0 Å². The average molecular weight is 606 g/mol. The van der Waals surface area contributed by atoms with Crippen LogP contribution < -0.4 is 5.32 Å². The second-order valence-electron chi connectivity index (χ2n) is 11.2. The van der Waals surface area contributed by atoms with Gasteiger partial charge in [0.05, 0.1) is 17.8 Å². The van der Waals surface area contributed by atoms with Crippen LogP contribution in [0.4, 0.5) is 18.9 Å². The molecule has 0 radical (unpaired) electrons. The summed E-state index contributed by atoms with van der Waals surface area (Å²) in [6.07, 6.45) is -2.94. The predicted octanol–water partition coefficient (Wildman–Crippen LogP) is 5.38. The van der Waals surface area contributed by atoms with Crippen LogP contribution in [-0.2, 0) is 19.3 Å². The molecule has 1 aliphatic rings. The van der Waals surface area contributed by atoms with Gasteiger partial charge in [0.2, 0.25) is 0 Å². The molecule has 0 saturated carbocycles. The Bertz CT molecular complexity index is 1590. The first-order valence-electron chi connectivity index (χ1n) is 14.4. The zero-order valence-electron chi connectivity index (χ0n) is 24.8. The van der Waals surface area contributed by atoms with Crippen LogP contribution in [0.25, 0.3) is 0 Å². The lowest BCUT2D eigenvalue weighted by Gasteiger charge is -2.34. The van der Waals surface area contributed by atoms with E-state index < -0.39 is 17.6 Å². The fourth-order valence-electron chi connectivity index (χ4n) is 5.00. The first kappa shape index (κ1) is 30.9. The van der Waals surface area contributed by atoms with Crippen LogP contribution in [0.15, 0.2) is 66.9 Å². The molecule has 3 heterocycles. The topological polar surface area (TPSA) is 96.3 Å². The molecule has 230 valence electrons. The normalized spacial score (nSPS) is 14.2. The highest BCUT2D eigenvalue weighted by Crippen LogP contribution is 2.30.